The third-order valence-corrected chi connectivity index (χ3v) is 0.866. The minimum atomic E-state index is 0. The highest BCUT2D eigenvalue weighted by molar-refractivity contribution is 6.55. The molecule has 0 aliphatic heterocycles. The molecule has 0 heterocycles. The summed E-state index contributed by atoms with van der Waals surface area (Å²) in [5.74, 6) is 0. The van der Waals surface area contributed by atoms with Crippen molar-refractivity contribution in [2.75, 3.05) is 0 Å². The smallest absolute Gasteiger partial charge is 0.0863 e. The highest BCUT2D eigenvalue weighted by Gasteiger charge is 1.91. The van der Waals surface area contributed by atoms with E-state index in [1.54, 1.807) is 0 Å². The van der Waals surface area contributed by atoms with Gasteiger partial charge in [0, 0.05) is 0 Å². The maximum absolute atomic E-state index is 2.25. The second-order valence-corrected chi connectivity index (χ2v) is 2.18. The normalized spacial score (nSPS) is 7.29. The highest BCUT2D eigenvalue weighted by Crippen LogP contribution is 1.92. The van der Waals surface area contributed by atoms with Crippen LogP contribution in [-0.4, -0.2) is 6.71 Å². The molecule has 0 aromatic carbocycles. The molecule has 0 radical (unpaired) electrons. The Bertz CT molecular complexity index is 25.4. The van der Waals surface area contributed by atoms with Crippen molar-refractivity contribution < 1.29 is 0 Å². The third kappa shape index (κ3) is 10.7. The topological polar surface area (TPSA) is 0 Å². The van der Waals surface area contributed by atoms with Crippen molar-refractivity contribution in [2.45, 2.75) is 40.7 Å². The van der Waals surface area contributed by atoms with Crippen molar-refractivity contribution in [1.29, 1.82) is 0 Å². The van der Waals surface area contributed by atoms with E-state index in [4.69, 9.17) is 0 Å². The summed E-state index contributed by atoms with van der Waals surface area (Å²) >= 11 is 0. The molecular weight excluding hydrogens is 82.9 g/mol. The molecule has 1 heteroatoms. The Morgan fingerprint density at radius 1 is 1.29 bits per heavy atom. The SMILES string of the molecule is C.CCCB(C)C. The van der Waals surface area contributed by atoms with Gasteiger partial charge in [-0.15, -0.1) is 0 Å². The van der Waals surface area contributed by atoms with Crippen LogP contribution in [0, 0.1) is 0 Å². The standard InChI is InChI=1S/C5H13B.CH4/c1-4-5-6(2)3;/h4-5H2,1-3H3;1H4. The fourth-order valence-corrected chi connectivity index (χ4v) is 0.577. The summed E-state index contributed by atoms with van der Waals surface area (Å²) in [4.78, 5) is 0. The van der Waals surface area contributed by atoms with Gasteiger partial charge in [0.05, 0.1) is 0 Å². The van der Waals surface area contributed by atoms with Crippen LogP contribution < -0.4 is 0 Å². The van der Waals surface area contributed by atoms with Crippen LogP contribution in [0.2, 0.25) is 20.0 Å². The lowest BCUT2D eigenvalue weighted by molar-refractivity contribution is 1.06. The van der Waals surface area contributed by atoms with Gasteiger partial charge in [0.15, 0.2) is 0 Å². The van der Waals surface area contributed by atoms with Crippen LogP contribution in [0.1, 0.15) is 20.8 Å². The minimum Gasteiger partial charge on any atom is -0.0863 e. The van der Waals surface area contributed by atoms with Crippen molar-refractivity contribution in [3.05, 3.63) is 0 Å². The monoisotopic (exact) mass is 100 g/mol. The summed E-state index contributed by atoms with van der Waals surface area (Å²) in [6.45, 7) is 7.63. The Kier molecular flexibility index (Phi) is 8.78. The predicted molar refractivity (Wildman–Crippen MR) is 39.3 cm³/mol. The molecule has 0 atom stereocenters. The average molecular weight is 100 g/mol. The zero-order chi connectivity index (χ0) is 4.99. The summed E-state index contributed by atoms with van der Waals surface area (Å²) in [6.07, 6.45) is 2.71. The Balaban J connectivity index is 0. The van der Waals surface area contributed by atoms with E-state index in [1.165, 1.54) is 12.7 Å². The Hall–Kier alpha value is 0.0649. The maximum atomic E-state index is 2.25. The maximum Gasteiger partial charge on any atom is 0.133 e. The van der Waals surface area contributed by atoms with Crippen molar-refractivity contribution in [1.82, 2.24) is 0 Å². The van der Waals surface area contributed by atoms with E-state index in [0.717, 1.165) is 6.71 Å². The molecule has 0 rings (SSSR count). The lowest BCUT2D eigenvalue weighted by atomic mass is 9.52. The first kappa shape index (κ1) is 10.1. The van der Waals surface area contributed by atoms with Gasteiger partial charge in [-0.1, -0.05) is 40.7 Å². The molecule has 0 fully saturated rings. The van der Waals surface area contributed by atoms with Gasteiger partial charge >= 0.3 is 0 Å². The quantitative estimate of drug-likeness (QED) is 0.468. The van der Waals surface area contributed by atoms with Crippen molar-refractivity contribution in [2.24, 2.45) is 0 Å². The van der Waals surface area contributed by atoms with E-state index in [0.29, 0.717) is 0 Å². The summed E-state index contributed by atoms with van der Waals surface area (Å²) in [7, 11) is 0. The average Bonchev–Trinajstić information content (AvgIpc) is 1.35. The molecule has 0 N–H and O–H groups in total. The summed E-state index contributed by atoms with van der Waals surface area (Å²) in [6, 6.07) is 0. The first-order valence-electron chi connectivity index (χ1n) is 2.77. The summed E-state index contributed by atoms with van der Waals surface area (Å²) in [5, 5.41) is 0. The van der Waals surface area contributed by atoms with Crippen LogP contribution in [0.4, 0.5) is 0 Å². The Morgan fingerprint density at radius 3 is 1.71 bits per heavy atom. The molecule has 0 bridgehead atoms. The van der Waals surface area contributed by atoms with E-state index in [1.807, 2.05) is 0 Å². The molecule has 0 spiro atoms. The third-order valence-electron chi connectivity index (χ3n) is 0.866. The second-order valence-electron chi connectivity index (χ2n) is 2.18. The number of hydrogen-bond donors (Lipinski definition) is 0. The van der Waals surface area contributed by atoms with Crippen molar-refractivity contribution >= 4 is 6.71 Å². The summed E-state index contributed by atoms with van der Waals surface area (Å²) < 4.78 is 0. The Labute approximate surface area is 48.4 Å². The molecule has 0 amide bonds. The fraction of sp³-hybridized carbons (Fsp3) is 1.00. The van der Waals surface area contributed by atoms with E-state index in [9.17, 15) is 0 Å². The Morgan fingerprint density at radius 2 is 1.71 bits per heavy atom. The van der Waals surface area contributed by atoms with Gasteiger partial charge in [-0.2, -0.15) is 0 Å². The molecule has 7 heavy (non-hydrogen) atoms. The molecule has 44 valence electrons. The van der Waals surface area contributed by atoms with Crippen LogP contribution in [0.25, 0.3) is 0 Å². The molecule has 0 aliphatic rings. The van der Waals surface area contributed by atoms with Gasteiger partial charge in [-0.25, -0.2) is 0 Å². The number of rotatable bonds is 2. The second kappa shape index (κ2) is 6.06. The zero-order valence-electron chi connectivity index (χ0n) is 4.99. The lowest BCUT2D eigenvalue weighted by Crippen LogP contribution is -1.95. The summed E-state index contributed by atoms with van der Waals surface area (Å²) in [5.41, 5.74) is 0. The van der Waals surface area contributed by atoms with Gasteiger partial charge in [0.2, 0.25) is 0 Å². The van der Waals surface area contributed by atoms with Gasteiger partial charge < -0.3 is 0 Å². The van der Waals surface area contributed by atoms with Crippen LogP contribution in [0.15, 0.2) is 0 Å². The van der Waals surface area contributed by atoms with Gasteiger partial charge in [0.1, 0.15) is 6.71 Å². The zero-order valence-corrected chi connectivity index (χ0v) is 4.99. The molecule has 0 saturated carbocycles. The van der Waals surface area contributed by atoms with Gasteiger partial charge in [-0.3, -0.25) is 0 Å². The molecule has 0 aromatic rings. The van der Waals surface area contributed by atoms with E-state index < -0.39 is 0 Å². The molecular formula is C6H17B. The van der Waals surface area contributed by atoms with Crippen LogP contribution in [0.5, 0.6) is 0 Å². The molecule has 0 aromatic heterocycles. The molecule has 0 unspecified atom stereocenters. The lowest BCUT2D eigenvalue weighted by Gasteiger charge is -1.91. The number of hydrogen-bond acceptors (Lipinski definition) is 0. The molecule has 0 aliphatic carbocycles. The minimum absolute atomic E-state index is 0. The first-order chi connectivity index (χ1) is 2.77. The largest absolute Gasteiger partial charge is 0.133 e. The molecule has 0 nitrogen and oxygen atoms in total. The van der Waals surface area contributed by atoms with Crippen molar-refractivity contribution in [3.8, 4) is 0 Å². The van der Waals surface area contributed by atoms with Gasteiger partial charge in [0.25, 0.3) is 0 Å². The predicted octanol–water partition coefficient (Wildman–Crippen LogP) is 2.79. The highest BCUT2D eigenvalue weighted by atomic mass is 13.6. The van der Waals surface area contributed by atoms with E-state index in [-0.39, 0.29) is 7.43 Å². The fourth-order valence-electron chi connectivity index (χ4n) is 0.577. The first-order valence-corrected chi connectivity index (χ1v) is 2.77. The van der Waals surface area contributed by atoms with Crippen LogP contribution >= 0.6 is 0 Å². The van der Waals surface area contributed by atoms with E-state index in [2.05, 4.69) is 20.6 Å². The van der Waals surface area contributed by atoms with Crippen LogP contribution in [-0.2, 0) is 0 Å². The van der Waals surface area contributed by atoms with Crippen LogP contribution in [0.3, 0.4) is 0 Å². The van der Waals surface area contributed by atoms with Crippen molar-refractivity contribution in [3.63, 3.8) is 0 Å². The van der Waals surface area contributed by atoms with E-state index >= 15 is 0 Å². The van der Waals surface area contributed by atoms with Gasteiger partial charge in [-0.05, 0) is 0 Å². The molecule has 0 saturated heterocycles.